The zero-order valence-electron chi connectivity index (χ0n) is 10.3. The fourth-order valence-electron chi connectivity index (χ4n) is 2.35. The zero-order valence-corrected chi connectivity index (χ0v) is 12.0. The van der Waals surface area contributed by atoms with Crippen molar-refractivity contribution in [3.8, 4) is 9.88 Å². The summed E-state index contributed by atoms with van der Waals surface area (Å²) >= 11 is 3.37. The lowest BCUT2D eigenvalue weighted by Crippen LogP contribution is -2.03. The average Bonchev–Trinajstić information content (AvgIpc) is 3.08. The van der Waals surface area contributed by atoms with Gasteiger partial charge in [-0.3, -0.25) is 0 Å². The molecule has 1 aliphatic rings. The summed E-state index contributed by atoms with van der Waals surface area (Å²) in [6.45, 7) is 0. The van der Waals surface area contributed by atoms with E-state index in [1.165, 1.54) is 37.1 Å². The van der Waals surface area contributed by atoms with E-state index in [0.29, 0.717) is 5.92 Å². The van der Waals surface area contributed by atoms with Crippen molar-refractivity contribution in [2.24, 2.45) is 0 Å². The predicted octanol–water partition coefficient (Wildman–Crippen LogP) is 3.75. The first-order chi connectivity index (χ1) is 8.86. The molecule has 3 rings (SSSR count). The topological polar surface area (TPSA) is 50.7 Å². The van der Waals surface area contributed by atoms with Gasteiger partial charge in [-0.2, -0.15) is 0 Å². The van der Waals surface area contributed by atoms with Gasteiger partial charge in [0.2, 0.25) is 5.13 Å². The molecule has 0 atom stereocenters. The van der Waals surface area contributed by atoms with E-state index in [4.69, 9.17) is 0 Å². The van der Waals surface area contributed by atoms with E-state index in [2.05, 4.69) is 20.5 Å². The smallest absolute Gasteiger partial charge is 0.205 e. The molecule has 2 aromatic rings. The minimum Gasteiger partial charge on any atom is -0.363 e. The Hall–Kier alpha value is -1.01. The third-order valence-corrected chi connectivity index (χ3v) is 5.60. The standard InChI is InChI=1S/C12H16N4S2/c1-13-12-16-15-11(18-12)9-7-14-10(17-9)8-5-3-2-4-6-8/h7-8H,2-6H2,1H3,(H,13,16). The minimum atomic E-state index is 0.675. The number of nitrogens with zero attached hydrogens (tertiary/aromatic N) is 3. The largest absolute Gasteiger partial charge is 0.363 e. The molecule has 0 spiro atoms. The number of hydrogen-bond donors (Lipinski definition) is 1. The molecule has 1 saturated carbocycles. The molecular weight excluding hydrogens is 264 g/mol. The third kappa shape index (κ3) is 2.40. The second kappa shape index (κ2) is 5.32. The van der Waals surface area contributed by atoms with Crippen LogP contribution in [-0.4, -0.2) is 22.2 Å². The molecule has 18 heavy (non-hydrogen) atoms. The van der Waals surface area contributed by atoms with Crippen molar-refractivity contribution in [1.29, 1.82) is 0 Å². The SMILES string of the molecule is CNc1nnc(-c2cnc(C3CCCCC3)s2)s1. The molecule has 1 fully saturated rings. The van der Waals surface area contributed by atoms with Gasteiger partial charge in [0, 0.05) is 19.2 Å². The van der Waals surface area contributed by atoms with E-state index in [-0.39, 0.29) is 0 Å². The van der Waals surface area contributed by atoms with E-state index in [0.717, 1.165) is 15.0 Å². The van der Waals surface area contributed by atoms with E-state index in [1.807, 2.05) is 13.2 Å². The van der Waals surface area contributed by atoms with Crippen LogP contribution in [0.4, 0.5) is 5.13 Å². The molecule has 0 bridgehead atoms. The van der Waals surface area contributed by atoms with E-state index in [9.17, 15) is 0 Å². The first kappa shape index (κ1) is 12.0. The second-order valence-electron chi connectivity index (χ2n) is 4.56. The van der Waals surface area contributed by atoms with Crippen LogP contribution in [0.15, 0.2) is 6.20 Å². The highest BCUT2D eigenvalue weighted by molar-refractivity contribution is 7.23. The number of nitrogens with one attached hydrogen (secondary N) is 1. The molecule has 1 N–H and O–H groups in total. The average molecular weight is 280 g/mol. The monoisotopic (exact) mass is 280 g/mol. The normalized spacial score (nSPS) is 16.9. The summed E-state index contributed by atoms with van der Waals surface area (Å²) in [7, 11) is 1.87. The molecule has 0 aromatic carbocycles. The van der Waals surface area contributed by atoms with Gasteiger partial charge in [0.1, 0.15) is 0 Å². The Morgan fingerprint density at radius 1 is 1.17 bits per heavy atom. The van der Waals surface area contributed by atoms with Crippen molar-refractivity contribution in [2.45, 2.75) is 38.0 Å². The fourth-order valence-corrected chi connectivity index (χ4v) is 4.17. The Morgan fingerprint density at radius 2 is 2.00 bits per heavy atom. The van der Waals surface area contributed by atoms with E-state index >= 15 is 0 Å². The third-order valence-electron chi connectivity index (χ3n) is 3.33. The van der Waals surface area contributed by atoms with Gasteiger partial charge in [0.25, 0.3) is 0 Å². The number of thiazole rings is 1. The summed E-state index contributed by atoms with van der Waals surface area (Å²) in [6.07, 6.45) is 8.63. The Balaban J connectivity index is 1.79. The lowest BCUT2D eigenvalue weighted by atomic mass is 9.90. The van der Waals surface area contributed by atoms with Crippen molar-refractivity contribution >= 4 is 27.8 Å². The number of aromatic nitrogens is 3. The highest BCUT2D eigenvalue weighted by atomic mass is 32.1. The lowest BCUT2D eigenvalue weighted by Gasteiger charge is -2.18. The summed E-state index contributed by atoms with van der Waals surface area (Å²) in [5.74, 6) is 0.675. The molecule has 0 aliphatic heterocycles. The fraction of sp³-hybridized carbons (Fsp3) is 0.583. The molecule has 0 saturated heterocycles. The molecule has 0 amide bonds. The molecular formula is C12H16N4S2. The van der Waals surface area contributed by atoms with Gasteiger partial charge < -0.3 is 5.32 Å². The molecule has 2 aromatic heterocycles. The van der Waals surface area contributed by atoms with Crippen molar-refractivity contribution in [3.63, 3.8) is 0 Å². The van der Waals surface area contributed by atoms with Crippen molar-refractivity contribution in [2.75, 3.05) is 12.4 Å². The molecule has 96 valence electrons. The summed E-state index contributed by atoms with van der Waals surface area (Å²) in [5, 5.41) is 14.4. The van der Waals surface area contributed by atoms with Crippen molar-refractivity contribution in [1.82, 2.24) is 15.2 Å². The minimum absolute atomic E-state index is 0.675. The summed E-state index contributed by atoms with van der Waals surface area (Å²) in [6, 6.07) is 0. The van der Waals surface area contributed by atoms with Crippen LogP contribution in [0.5, 0.6) is 0 Å². The van der Waals surface area contributed by atoms with Crippen LogP contribution < -0.4 is 5.32 Å². The first-order valence-corrected chi connectivity index (χ1v) is 7.97. The van der Waals surface area contributed by atoms with Crippen LogP contribution in [0.2, 0.25) is 0 Å². The van der Waals surface area contributed by atoms with Gasteiger partial charge >= 0.3 is 0 Å². The summed E-state index contributed by atoms with van der Waals surface area (Å²) < 4.78 is 0. The van der Waals surface area contributed by atoms with Crippen LogP contribution in [0.25, 0.3) is 9.88 Å². The van der Waals surface area contributed by atoms with E-state index in [1.54, 1.807) is 22.7 Å². The molecule has 1 aliphatic carbocycles. The molecule has 6 heteroatoms. The van der Waals surface area contributed by atoms with Gasteiger partial charge in [-0.15, -0.1) is 21.5 Å². The van der Waals surface area contributed by atoms with Crippen LogP contribution in [0.3, 0.4) is 0 Å². The Bertz CT molecular complexity index is 514. The second-order valence-corrected chi connectivity index (χ2v) is 6.60. The quantitative estimate of drug-likeness (QED) is 0.930. The lowest BCUT2D eigenvalue weighted by molar-refractivity contribution is 0.442. The molecule has 0 radical (unpaired) electrons. The van der Waals surface area contributed by atoms with Gasteiger partial charge in [0.15, 0.2) is 5.01 Å². The number of rotatable bonds is 3. The molecule has 0 unspecified atom stereocenters. The van der Waals surface area contributed by atoms with Crippen LogP contribution in [0, 0.1) is 0 Å². The van der Waals surface area contributed by atoms with Crippen LogP contribution in [-0.2, 0) is 0 Å². The molecule has 4 nitrogen and oxygen atoms in total. The van der Waals surface area contributed by atoms with Crippen LogP contribution >= 0.6 is 22.7 Å². The van der Waals surface area contributed by atoms with Gasteiger partial charge in [0.05, 0.1) is 9.88 Å². The predicted molar refractivity (Wildman–Crippen MR) is 76.4 cm³/mol. The zero-order chi connectivity index (χ0) is 12.4. The van der Waals surface area contributed by atoms with Crippen molar-refractivity contribution in [3.05, 3.63) is 11.2 Å². The van der Waals surface area contributed by atoms with E-state index < -0.39 is 0 Å². The Kier molecular flexibility index (Phi) is 3.56. The highest BCUT2D eigenvalue weighted by Crippen LogP contribution is 2.38. The first-order valence-electron chi connectivity index (χ1n) is 6.34. The van der Waals surface area contributed by atoms with Gasteiger partial charge in [-0.25, -0.2) is 4.98 Å². The summed E-state index contributed by atoms with van der Waals surface area (Å²) in [5.41, 5.74) is 0. The maximum Gasteiger partial charge on any atom is 0.205 e. The number of hydrogen-bond acceptors (Lipinski definition) is 6. The highest BCUT2D eigenvalue weighted by Gasteiger charge is 2.19. The Labute approximate surface area is 114 Å². The maximum atomic E-state index is 4.59. The summed E-state index contributed by atoms with van der Waals surface area (Å²) in [4.78, 5) is 5.74. The number of anilines is 1. The van der Waals surface area contributed by atoms with Crippen molar-refractivity contribution < 1.29 is 0 Å². The van der Waals surface area contributed by atoms with Gasteiger partial charge in [-0.1, -0.05) is 30.6 Å². The van der Waals surface area contributed by atoms with Gasteiger partial charge in [-0.05, 0) is 12.8 Å². The van der Waals surface area contributed by atoms with Crippen LogP contribution in [0.1, 0.15) is 43.0 Å². The Morgan fingerprint density at radius 3 is 2.72 bits per heavy atom. The maximum absolute atomic E-state index is 4.59. The molecule has 2 heterocycles.